The van der Waals surface area contributed by atoms with Gasteiger partial charge in [-0.2, -0.15) is 0 Å². The lowest BCUT2D eigenvalue weighted by Crippen LogP contribution is -2.55. The molecule has 25 heavy (non-hydrogen) atoms. The summed E-state index contributed by atoms with van der Waals surface area (Å²) in [5.41, 5.74) is 1.11. The molecule has 2 atom stereocenters. The highest BCUT2D eigenvalue weighted by Gasteiger charge is 2.35. The Balaban J connectivity index is 1.99. The van der Waals surface area contributed by atoms with Crippen molar-refractivity contribution in [3.05, 3.63) is 66.2 Å². The fourth-order valence-electron chi connectivity index (χ4n) is 3.52. The van der Waals surface area contributed by atoms with Gasteiger partial charge in [-0.3, -0.25) is 4.79 Å². The van der Waals surface area contributed by atoms with Gasteiger partial charge in [-0.15, -0.1) is 0 Å². The Bertz CT molecular complexity index is 720. The summed E-state index contributed by atoms with van der Waals surface area (Å²) in [5.74, 6) is -0.290. The first-order chi connectivity index (χ1) is 12.1. The summed E-state index contributed by atoms with van der Waals surface area (Å²) >= 11 is 0. The van der Waals surface area contributed by atoms with E-state index in [1.54, 1.807) is 24.3 Å². The Morgan fingerprint density at radius 1 is 0.880 bits per heavy atom. The van der Waals surface area contributed by atoms with Gasteiger partial charge in [-0.05, 0) is 57.4 Å². The quantitative estimate of drug-likeness (QED) is 0.796. The Morgan fingerprint density at radius 2 is 1.40 bits per heavy atom. The van der Waals surface area contributed by atoms with Crippen LogP contribution in [-0.4, -0.2) is 28.9 Å². The molecule has 0 N–H and O–H groups in total. The molecule has 1 heterocycles. The number of urea groups is 1. The van der Waals surface area contributed by atoms with Crippen LogP contribution in [0.1, 0.15) is 43.5 Å². The van der Waals surface area contributed by atoms with Gasteiger partial charge in [0.05, 0.1) is 5.69 Å². The number of nitrogens with zero attached hydrogens (tertiary/aromatic N) is 2. The first kappa shape index (κ1) is 17.2. The summed E-state index contributed by atoms with van der Waals surface area (Å²) < 4.78 is 0. The molecule has 0 unspecified atom stereocenters. The van der Waals surface area contributed by atoms with E-state index in [-0.39, 0.29) is 24.0 Å². The van der Waals surface area contributed by atoms with Crippen LogP contribution in [0.5, 0.6) is 0 Å². The van der Waals surface area contributed by atoms with Gasteiger partial charge in [0.25, 0.3) is 5.91 Å². The Kier molecular flexibility index (Phi) is 5.17. The number of hydrogen-bond acceptors (Lipinski definition) is 2. The largest absolute Gasteiger partial charge is 0.332 e. The van der Waals surface area contributed by atoms with Crippen LogP contribution in [0, 0.1) is 0 Å². The van der Waals surface area contributed by atoms with Crippen molar-refractivity contribution < 1.29 is 9.59 Å². The van der Waals surface area contributed by atoms with Gasteiger partial charge in [-0.1, -0.05) is 36.4 Å². The van der Waals surface area contributed by atoms with Gasteiger partial charge in [0.2, 0.25) is 0 Å². The molecule has 3 amide bonds. The van der Waals surface area contributed by atoms with Crippen LogP contribution in [0.15, 0.2) is 60.7 Å². The molecule has 0 aromatic heterocycles. The van der Waals surface area contributed by atoms with Gasteiger partial charge < -0.3 is 4.90 Å². The smallest absolute Gasteiger partial charge is 0.319 e. The van der Waals surface area contributed by atoms with Crippen LogP contribution in [0.3, 0.4) is 0 Å². The summed E-state index contributed by atoms with van der Waals surface area (Å²) in [5, 5.41) is 0. The fourth-order valence-corrected chi connectivity index (χ4v) is 3.52. The topological polar surface area (TPSA) is 40.6 Å². The van der Waals surface area contributed by atoms with E-state index >= 15 is 0 Å². The van der Waals surface area contributed by atoms with Crippen molar-refractivity contribution in [3.63, 3.8) is 0 Å². The number of hydrogen-bond donors (Lipinski definition) is 0. The van der Waals surface area contributed by atoms with Crippen molar-refractivity contribution in [1.29, 1.82) is 0 Å². The zero-order valence-electron chi connectivity index (χ0n) is 14.8. The van der Waals surface area contributed by atoms with Crippen LogP contribution >= 0.6 is 0 Å². The molecule has 3 rings (SSSR count). The summed E-state index contributed by atoms with van der Waals surface area (Å²) in [6, 6.07) is 18.2. The molecule has 1 saturated heterocycles. The van der Waals surface area contributed by atoms with Crippen molar-refractivity contribution >= 4 is 17.6 Å². The molecule has 4 nitrogen and oxygen atoms in total. The van der Waals surface area contributed by atoms with E-state index in [0.29, 0.717) is 11.3 Å². The maximum absolute atomic E-state index is 13.4. The maximum Gasteiger partial charge on any atom is 0.332 e. The standard InChI is InChI=1S/C21H24N2O2/c1-16-10-9-11-17(2)22(16)21(25)23(19-14-7-4-8-15-19)20(24)18-12-5-3-6-13-18/h3-8,12-17H,9-11H2,1-2H3/t16-,17+. The van der Waals surface area contributed by atoms with Gasteiger partial charge in [0.1, 0.15) is 0 Å². The third-order valence-electron chi connectivity index (χ3n) is 4.84. The molecule has 0 bridgehead atoms. The number of rotatable bonds is 2. The Hall–Kier alpha value is -2.62. The minimum absolute atomic E-state index is 0.131. The molecule has 2 aromatic rings. The average molecular weight is 336 g/mol. The SMILES string of the molecule is C[C@@H]1CCC[C@H](C)N1C(=O)N(C(=O)c1ccccc1)c1ccccc1. The Labute approximate surface area is 149 Å². The van der Waals surface area contributed by atoms with Gasteiger partial charge in [0, 0.05) is 17.6 Å². The Morgan fingerprint density at radius 3 is 1.96 bits per heavy atom. The lowest BCUT2D eigenvalue weighted by molar-refractivity contribution is 0.0954. The van der Waals surface area contributed by atoms with Crippen molar-refractivity contribution in [2.75, 3.05) is 4.90 Å². The van der Waals surface area contributed by atoms with E-state index in [4.69, 9.17) is 0 Å². The molecular formula is C21H24N2O2. The number of piperidine rings is 1. The van der Waals surface area contributed by atoms with Crippen molar-refractivity contribution in [2.45, 2.75) is 45.2 Å². The molecule has 0 saturated carbocycles. The second kappa shape index (κ2) is 7.51. The number of benzene rings is 2. The summed E-state index contributed by atoms with van der Waals surface area (Å²) in [6.45, 7) is 4.12. The van der Waals surface area contributed by atoms with Crippen LogP contribution in [0.25, 0.3) is 0 Å². The third-order valence-corrected chi connectivity index (χ3v) is 4.84. The second-order valence-electron chi connectivity index (χ2n) is 6.66. The second-order valence-corrected chi connectivity index (χ2v) is 6.66. The van der Waals surface area contributed by atoms with E-state index in [1.807, 2.05) is 41.3 Å². The number of para-hydroxylation sites is 1. The van der Waals surface area contributed by atoms with Crippen molar-refractivity contribution in [3.8, 4) is 0 Å². The van der Waals surface area contributed by atoms with Crippen molar-refractivity contribution in [2.24, 2.45) is 0 Å². The molecule has 0 spiro atoms. The highest BCUT2D eigenvalue weighted by atomic mass is 16.2. The predicted molar refractivity (Wildman–Crippen MR) is 99.7 cm³/mol. The number of carbonyl (C=O) groups excluding carboxylic acids is 2. The van der Waals surface area contributed by atoms with Crippen LogP contribution in [0.4, 0.5) is 10.5 Å². The first-order valence-electron chi connectivity index (χ1n) is 8.86. The molecule has 130 valence electrons. The maximum atomic E-state index is 13.4. The number of carbonyl (C=O) groups is 2. The minimum atomic E-state index is -0.290. The van der Waals surface area contributed by atoms with Gasteiger partial charge >= 0.3 is 6.03 Å². The van der Waals surface area contributed by atoms with Crippen LogP contribution in [-0.2, 0) is 0 Å². The fraction of sp³-hybridized carbons (Fsp3) is 0.333. The normalized spacial score (nSPS) is 20.2. The highest BCUT2D eigenvalue weighted by Crippen LogP contribution is 2.27. The number of imide groups is 1. The minimum Gasteiger partial charge on any atom is -0.319 e. The van der Waals surface area contributed by atoms with Gasteiger partial charge in [-0.25, -0.2) is 9.69 Å². The van der Waals surface area contributed by atoms with Crippen LogP contribution < -0.4 is 4.90 Å². The molecular weight excluding hydrogens is 312 g/mol. The average Bonchev–Trinajstić information content (AvgIpc) is 2.63. The lowest BCUT2D eigenvalue weighted by atomic mass is 9.98. The number of likely N-dealkylation sites (tertiary alicyclic amines) is 1. The molecule has 4 heteroatoms. The zero-order chi connectivity index (χ0) is 17.8. The third kappa shape index (κ3) is 3.58. The summed E-state index contributed by atoms with van der Waals surface area (Å²) in [7, 11) is 0. The van der Waals surface area contributed by atoms with E-state index in [9.17, 15) is 9.59 Å². The van der Waals surface area contributed by atoms with Gasteiger partial charge in [0.15, 0.2) is 0 Å². The number of amides is 3. The molecule has 0 radical (unpaired) electrons. The van der Waals surface area contributed by atoms with E-state index in [0.717, 1.165) is 19.3 Å². The predicted octanol–water partition coefficient (Wildman–Crippen LogP) is 4.72. The lowest BCUT2D eigenvalue weighted by Gasteiger charge is -2.41. The molecule has 0 aliphatic carbocycles. The van der Waals surface area contributed by atoms with Crippen LogP contribution in [0.2, 0.25) is 0 Å². The van der Waals surface area contributed by atoms with Crippen molar-refractivity contribution in [1.82, 2.24) is 4.90 Å². The van der Waals surface area contributed by atoms with E-state index < -0.39 is 0 Å². The summed E-state index contributed by atoms with van der Waals surface area (Å²) in [4.78, 5) is 29.7. The van der Waals surface area contributed by atoms with E-state index in [2.05, 4.69) is 13.8 Å². The molecule has 1 aliphatic rings. The zero-order valence-corrected chi connectivity index (χ0v) is 14.8. The number of anilines is 1. The monoisotopic (exact) mass is 336 g/mol. The van der Waals surface area contributed by atoms with E-state index in [1.165, 1.54) is 4.90 Å². The molecule has 1 fully saturated rings. The summed E-state index contributed by atoms with van der Waals surface area (Å²) in [6.07, 6.45) is 3.06. The molecule has 2 aromatic carbocycles. The highest BCUT2D eigenvalue weighted by molar-refractivity contribution is 6.20. The molecule has 1 aliphatic heterocycles. The first-order valence-corrected chi connectivity index (χ1v) is 8.86.